The average Bonchev–Trinajstić information content (AvgIpc) is 3.42. The third-order valence-electron chi connectivity index (χ3n) is 5.79. The number of benzene rings is 1. The first-order chi connectivity index (χ1) is 15.7. The van der Waals surface area contributed by atoms with Gasteiger partial charge in [-0.2, -0.15) is 17.8 Å². The third kappa shape index (κ3) is 4.55. The summed E-state index contributed by atoms with van der Waals surface area (Å²) in [5, 5.41) is 4.24. The second kappa shape index (κ2) is 9.06. The first-order valence-corrected chi connectivity index (χ1v) is 11.8. The van der Waals surface area contributed by atoms with Gasteiger partial charge in [0.05, 0.1) is 23.5 Å². The zero-order valence-electron chi connectivity index (χ0n) is 18.0. The van der Waals surface area contributed by atoms with Crippen molar-refractivity contribution in [2.24, 2.45) is 0 Å². The highest BCUT2D eigenvalue weighted by Gasteiger charge is 2.29. The van der Waals surface area contributed by atoms with Crippen molar-refractivity contribution in [3.05, 3.63) is 72.1 Å². The molecule has 4 rings (SSSR count). The van der Waals surface area contributed by atoms with Gasteiger partial charge in [0.25, 0.3) is 0 Å². The number of hydrogen-bond donors (Lipinski definition) is 1. The number of aromatic nitrogens is 2. The minimum atomic E-state index is -3.98. The van der Waals surface area contributed by atoms with E-state index in [0.717, 1.165) is 28.5 Å². The van der Waals surface area contributed by atoms with Gasteiger partial charge >= 0.3 is 10.2 Å². The van der Waals surface area contributed by atoms with Gasteiger partial charge in [-0.15, -0.1) is 0 Å². The van der Waals surface area contributed by atoms with Gasteiger partial charge in [-0.1, -0.05) is 6.58 Å². The summed E-state index contributed by atoms with van der Waals surface area (Å²) in [6.07, 6.45) is 4.67. The monoisotopic (exact) mass is 479 g/mol. The number of pyridine rings is 1. The zero-order valence-corrected chi connectivity index (χ0v) is 18.8. The fraction of sp³-hybridized carbons (Fsp3) is 0.318. The molecule has 1 aromatic carbocycles. The standard InChI is InChI=1S/C22H24F3N5O2S/c1-15(27-33(31,32)28(2)11-8-23)19-14-26-30-10-7-17(13-22(19)30)29-9-3-4-21(29)18-12-16(24)5-6-20(18)25/h5-7,10,12-14,21,27H,1,3-4,8-9,11H2,2H3/t21-/m1/s1. The molecule has 1 aliphatic rings. The maximum Gasteiger partial charge on any atom is 0.301 e. The number of halogens is 3. The van der Waals surface area contributed by atoms with Crippen molar-refractivity contribution >= 4 is 27.1 Å². The molecule has 3 aromatic rings. The maximum atomic E-state index is 14.4. The summed E-state index contributed by atoms with van der Waals surface area (Å²) < 4.78 is 70.4. The number of alkyl halides is 1. The van der Waals surface area contributed by atoms with Crippen LogP contribution in [0.3, 0.4) is 0 Å². The Kier molecular flexibility index (Phi) is 6.35. The van der Waals surface area contributed by atoms with Crippen LogP contribution in [0.25, 0.3) is 11.2 Å². The van der Waals surface area contributed by atoms with Crippen LogP contribution in [0.5, 0.6) is 0 Å². The number of nitrogens with one attached hydrogen (secondary N) is 1. The molecule has 0 bridgehead atoms. The van der Waals surface area contributed by atoms with E-state index in [-0.39, 0.29) is 18.3 Å². The van der Waals surface area contributed by atoms with Crippen molar-refractivity contribution in [2.45, 2.75) is 18.9 Å². The molecule has 3 heterocycles. The molecule has 33 heavy (non-hydrogen) atoms. The summed E-state index contributed by atoms with van der Waals surface area (Å²) >= 11 is 0. The summed E-state index contributed by atoms with van der Waals surface area (Å²) in [4.78, 5) is 2.00. The minimum absolute atomic E-state index is 0.0852. The smallest absolute Gasteiger partial charge is 0.301 e. The Morgan fingerprint density at radius 1 is 1.30 bits per heavy atom. The van der Waals surface area contributed by atoms with Crippen LogP contribution in [0.4, 0.5) is 18.9 Å². The molecule has 0 aliphatic carbocycles. The van der Waals surface area contributed by atoms with Gasteiger partial charge < -0.3 is 4.90 Å². The van der Waals surface area contributed by atoms with Gasteiger partial charge in [-0.3, -0.25) is 4.72 Å². The minimum Gasteiger partial charge on any atom is -0.364 e. The van der Waals surface area contributed by atoms with Crippen molar-refractivity contribution in [2.75, 3.05) is 31.7 Å². The van der Waals surface area contributed by atoms with Crippen LogP contribution in [0.2, 0.25) is 0 Å². The van der Waals surface area contributed by atoms with Gasteiger partial charge in [0, 0.05) is 43.1 Å². The lowest BCUT2D eigenvalue weighted by molar-refractivity contribution is 0.392. The van der Waals surface area contributed by atoms with Crippen LogP contribution < -0.4 is 9.62 Å². The molecule has 1 fully saturated rings. The van der Waals surface area contributed by atoms with E-state index in [2.05, 4.69) is 16.4 Å². The van der Waals surface area contributed by atoms with Crippen LogP contribution in [-0.2, 0) is 10.2 Å². The molecule has 0 unspecified atom stereocenters. The van der Waals surface area contributed by atoms with Crippen LogP contribution in [-0.4, -0.2) is 49.1 Å². The first kappa shape index (κ1) is 23.1. The Bertz CT molecular complexity index is 1290. The van der Waals surface area contributed by atoms with Crippen LogP contribution in [0.15, 0.2) is 49.3 Å². The summed E-state index contributed by atoms with van der Waals surface area (Å²) in [6, 6.07) is 6.76. The highest BCUT2D eigenvalue weighted by atomic mass is 32.2. The molecular weight excluding hydrogens is 455 g/mol. The van der Waals surface area contributed by atoms with Gasteiger partial charge in [-0.05, 0) is 43.2 Å². The molecule has 1 atom stereocenters. The summed E-state index contributed by atoms with van der Waals surface area (Å²) in [6.45, 7) is 3.38. The Morgan fingerprint density at radius 2 is 2.09 bits per heavy atom. The Morgan fingerprint density at radius 3 is 2.85 bits per heavy atom. The van der Waals surface area contributed by atoms with Gasteiger partial charge in [0.15, 0.2) is 0 Å². The lowest BCUT2D eigenvalue weighted by Crippen LogP contribution is -2.38. The third-order valence-corrected chi connectivity index (χ3v) is 7.30. The van der Waals surface area contributed by atoms with Crippen LogP contribution in [0, 0.1) is 11.6 Å². The molecule has 1 aliphatic heterocycles. The van der Waals surface area contributed by atoms with Crippen LogP contribution >= 0.6 is 0 Å². The van der Waals surface area contributed by atoms with Gasteiger partial charge in [0.1, 0.15) is 18.3 Å². The predicted molar refractivity (Wildman–Crippen MR) is 121 cm³/mol. The van der Waals surface area contributed by atoms with E-state index in [9.17, 15) is 21.6 Å². The second-order valence-electron chi connectivity index (χ2n) is 7.89. The van der Waals surface area contributed by atoms with Crippen molar-refractivity contribution < 1.29 is 21.6 Å². The molecule has 176 valence electrons. The lowest BCUT2D eigenvalue weighted by Gasteiger charge is -2.27. The molecule has 0 saturated carbocycles. The SMILES string of the molecule is C=C(NS(=O)(=O)N(C)CCF)c1cnn2ccc(N3CCC[C@@H]3c3cc(F)ccc3F)cc12. The highest BCUT2D eigenvalue weighted by Crippen LogP contribution is 2.38. The number of anilines is 1. The van der Waals surface area contributed by atoms with E-state index in [4.69, 9.17) is 0 Å². The van der Waals surface area contributed by atoms with Gasteiger partial charge in [-0.25, -0.2) is 17.7 Å². The molecule has 0 radical (unpaired) electrons. The fourth-order valence-electron chi connectivity index (χ4n) is 4.08. The molecule has 1 N–H and O–H groups in total. The number of rotatable bonds is 8. The second-order valence-corrected chi connectivity index (χ2v) is 9.66. The number of fused-ring (bicyclic) bond motifs is 1. The predicted octanol–water partition coefficient (Wildman–Crippen LogP) is 3.66. The molecular formula is C22H24F3N5O2S. The van der Waals surface area contributed by atoms with Crippen molar-refractivity contribution in [3.63, 3.8) is 0 Å². The zero-order chi connectivity index (χ0) is 23.8. The Balaban J connectivity index is 1.65. The molecule has 7 nitrogen and oxygen atoms in total. The van der Waals surface area contributed by atoms with E-state index in [1.54, 1.807) is 10.7 Å². The first-order valence-electron chi connectivity index (χ1n) is 10.4. The average molecular weight is 480 g/mol. The molecule has 1 saturated heterocycles. The maximum absolute atomic E-state index is 14.4. The van der Waals surface area contributed by atoms with Crippen molar-refractivity contribution in [1.29, 1.82) is 0 Å². The van der Waals surface area contributed by atoms with Crippen LogP contribution in [0.1, 0.15) is 30.0 Å². The molecule has 0 amide bonds. The molecule has 0 spiro atoms. The summed E-state index contributed by atoms with van der Waals surface area (Å²) in [5.74, 6) is -0.951. The summed E-state index contributed by atoms with van der Waals surface area (Å²) in [5.41, 5.74) is 2.18. The molecule has 11 heteroatoms. The number of nitrogens with zero attached hydrogens (tertiary/aromatic N) is 4. The van der Waals surface area contributed by atoms with E-state index in [0.29, 0.717) is 29.6 Å². The van der Waals surface area contributed by atoms with Gasteiger partial charge in [0.2, 0.25) is 0 Å². The summed E-state index contributed by atoms with van der Waals surface area (Å²) in [7, 11) is -2.71. The van der Waals surface area contributed by atoms with Crippen molar-refractivity contribution in [3.8, 4) is 0 Å². The van der Waals surface area contributed by atoms with E-state index in [1.807, 2.05) is 17.0 Å². The fourth-order valence-corrected chi connectivity index (χ4v) is 4.96. The van der Waals surface area contributed by atoms with E-state index < -0.39 is 28.5 Å². The van der Waals surface area contributed by atoms with E-state index >= 15 is 0 Å². The molecule has 2 aromatic heterocycles. The normalized spacial score (nSPS) is 16.6. The van der Waals surface area contributed by atoms with E-state index in [1.165, 1.54) is 19.3 Å². The quantitative estimate of drug-likeness (QED) is 0.536. The largest absolute Gasteiger partial charge is 0.364 e. The Labute approximate surface area is 190 Å². The number of hydrogen-bond acceptors (Lipinski definition) is 4. The topological polar surface area (TPSA) is 70.0 Å². The lowest BCUT2D eigenvalue weighted by atomic mass is 10.0. The Hall–Kier alpha value is -3.05. The van der Waals surface area contributed by atoms with Crippen molar-refractivity contribution in [1.82, 2.24) is 18.6 Å². The highest BCUT2D eigenvalue weighted by molar-refractivity contribution is 7.87.